The van der Waals surface area contributed by atoms with E-state index in [9.17, 15) is 0 Å². The number of hydrogen-bond acceptors (Lipinski definition) is 3. The average molecular weight is 306 g/mol. The van der Waals surface area contributed by atoms with E-state index in [4.69, 9.17) is 0 Å². The van der Waals surface area contributed by atoms with E-state index in [2.05, 4.69) is 68.6 Å². The van der Waals surface area contributed by atoms with Gasteiger partial charge < -0.3 is 5.32 Å². The van der Waals surface area contributed by atoms with Crippen LogP contribution in [-0.4, -0.2) is 25.1 Å². The van der Waals surface area contributed by atoms with Gasteiger partial charge >= 0.3 is 0 Å². The highest BCUT2D eigenvalue weighted by Gasteiger charge is 2.13. The Kier molecular flexibility index (Phi) is 8.51. The number of aryl methyl sites for hydroxylation is 1. The van der Waals surface area contributed by atoms with Gasteiger partial charge in [-0.2, -0.15) is 0 Å². The van der Waals surface area contributed by atoms with Crippen LogP contribution in [0.3, 0.4) is 0 Å². The van der Waals surface area contributed by atoms with Crippen molar-refractivity contribution in [1.29, 1.82) is 0 Å². The van der Waals surface area contributed by atoms with Gasteiger partial charge in [-0.1, -0.05) is 46.2 Å². The second kappa shape index (κ2) is 9.86. The van der Waals surface area contributed by atoms with Crippen molar-refractivity contribution in [2.45, 2.75) is 54.0 Å². The number of unbranched alkanes of at least 4 members (excludes halogenated alkanes) is 1. The number of nitrogens with zero attached hydrogens (tertiary/aromatic N) is 1. The van der Waals surface area contributed by atoms with Crippen LogP contribution >= 0.6 is 0 Å². The summed E-state index contributed by atoms with van der Waals surface area (Å²) in [6, 6.07) is 6.65. The SMILES string of the molecule is CCCCN(CC(C)C(C)C)NCc1ccc(C)c(NC)c1. The number of hydrazine groups is 1. The van der Waals surface area contributed by atoms with Crippen molar-refractivity contribution in [3.05, 3.63) is 29.3 Å². The molecule has 0 aliphatic carbocycles. The fraction of sp³-hybridized carbons (Fsp3) is 0.684. The summed E-state index contributed by atoms with van der Waals surface area (Å²) in [4.78, 5) is 0. The van der Waals surface area contributed by atoms with E-state index < -0.39 is 0 Å². The molecule has 0 fully saturated rings. The summed E-state index contributed by atoms with van der Waals surface area (Å²) in [5.74, 6) is 1.43. The topological polar surface area (TPSA) is 27.3 Å². The lowest BCUT2D eigenvalue weighted by Gasteiger charge is -2.28. The molecule has 0 amide bonds. The van der Waals surface area contributed by atoms with Crippen LogP contribution < -0.4 is 10.7 Å². The lowest BCUT2D eigenvalue weighted by molar-refractivity contribution is 0.140. The van der Waals surface area contributed by atoms with Gasteiger partial charge in [-0.15, -0.1) is 0 Å². The Labute approximate surface area is 137 Å². The van der Waals surface area contributed by atoms with Crippen LogP contribution in [0, 0.1) is 18.8 Å². The van der Waals surface area contributed by atoms with Crippen LogP contribution in [0.1, 0.15) is 51.7 Å². The Hall–Kier alpha value is -1.06. The summed E-state index contributed by atoms with van der Waals surface area (Å²) in [6.45, 7) is 14.5. The first-order chi connectivity index (χ1) is 10.5. The van der Waals surface area contributed by atoms with Gasteiger partial charge in [-0.3, -0.25) is 5.43 Å². The Balaban J connectivity index is 2.61. The maximum Gasteiger partial charge on any atom is 0.0370 e. The maximum atomic E-state index is 3.63. The van der Waals surface area contributed by atoms with E-state index in [0.717, 1.165) is 25.6 Å². The van der Waals surface area contributed by atoms with E-state index in [-0.39, 0.29) is 0 Å². The van der Waals surface area contributed by atoms with Gasteiger partial charge in [0.25, 0.3) is 0 Å². The average Bonchev–Trinajstić information content (AvgIpc) is 2.50. The lowest BCUT2D eigenvalue weighted by Crippen LogP contribution is -2.42. The molecule has 3 nitrogen and oxygen atoms in total. The molecule has 126 valence electrons. The first kappa shape index (κ1) is 19.0. The van der Waals surface area contributed by atoms with Crippen molar-refractivity contribution in [2.24, 2.45) is 11.8 Å². The van der Waals surface area contributed by atoms with E-state index >= 15 is 0 Å². The summed E-state index contributed by atoms with van der Waals surface area (Å²) in [6.07, 6.45) is 2.48. The molecule has 1 rings (SSSR count). The molecule has 22 heavy (non-hydrogen) atoms. The number of hydrogen-bond donors (Lipinski definition) is 2. The molecule has 1 aromatic rings. The molecular weight excluding hydrogens is 270 g/mol. The smallest absolute Gasteiger partial charge is 0.0370 e. The highest BCUT2D eigenvalue weighted by atomic mass is 15.5. The molecule has 1 atom stereocenters. The highest BCUT2D eigenvalue weighted by molar-refractivity contribution is 5.52. The van der Waals surface area contributed by atoms with Gasteiger partial charge in [0.2, 0.25) is 0 Å². The van der Waals surface area contributed by atoms with Crippen LogP contribution in [0.15, 0.2) is 18.2 Å². The second-order valence-corrected chi connectivity index (χ2v) is 6.76. The molecule has 0 aromatic heterocycles. The van der Waals surface area contributed by atoms with Crippen molar-refractivity contribution in [3.63, 3.8) is 0 Å². The largest absolute Gasteiger partial charge is 0.388 e. The molecule has 0 heterocycles. The molecule has 0 aliphatic rings. The first-order valence-corrected chi connectivity index (χ1v) is 8.73. The van der Waals surface area contributed by atoms with Crippen LogP contribution in [0.2, 0.25) is 0 Å². The molecule has 1 unspecified atom stereocenters. The third-order valence-electron chi connectivity index (χ3n) is 4.51. The van der Waals surface area contributed by atoms with E-state index in [1.807, 2.05) is 7.05 Å². The molecular formula is C19H35N3. The third-order valence-corrected chi connectivity index (χ3v) is 4.51. The second-order valence-electron chi connectivity index (χ2n) is 6.76. The maximum absolute atomic E-state index is 3.63. The van der Waals surface area contributed by atoms with Crippen LogP contribution in [0.4, 0.5) is 5.69 Å². The summed E-state index contributed by atoms with van der Waals surface area (Å²) in [5, 5.41) is 5.67. The van der Waals surface area contributed by atoms with Crippen LogP contribution in [0.25, 0.3) is 0 Å². The van der Waals surface area contributed by atoms with Crippen LogP contribution in [-0.2, 0) is 6.54 Å². The highest BCUT2D eigenvalue weighted by Crippen LogP contribution is 2.16. The van der Waals surface area contributed by atoms with Gasteiger partial charge in [0.1, 0.15) is 0 Å². The molecule has 1 aromatic carbocycles. The van der Waals surface area contributed by atoms with Crippen molar-refractivity contribution >= 4 is 5.69 Å². The predicted molar refractivity (Wildman–Crippen MR) is 98.0 cm³/mol. The van der Waals surface area contributed by atoms with Gasteiger partial charge in [-0.25, -0.2) is 5.01 Å². The number of anilines is 1. The van der Waals surface area contributed by atoms with Gasteiger partial charge in [-0.05, 0) is 42.4 Å². The normalized spacial score (nSPS) is 12.9. The molecule has 0 bridgehead atoms. The Morgan fingerprint density at radius 1 is 1.18 bits per heavy atom. The van der Waals surface area contributed by atoms with Crippen molar-refractivity contribution in [3.8, 4) is 0 Å². The summed E-state index contributed by atoms with van der Waals surface area (Å²) in [5.41, 5.74) is 7.47. The summed E-state index contributed by atoms with van der Waals surface area (Å²) >= 11 is 0. The summed E-state index contributed by atoms with van der Waals surface area (Å²) in [7, 11) is 1.98. The van der Waals surface area contributed by atoms with Crippen LogP contribution in [0.5, 0.6) is 0 Å². The molecule has 2 N–H and O–H groups in total. The van der Waals surface area contributed by atoms with Gasteiger partial charge in [0, 0.05) is 32.4 Å². The standard InChI is InChI=1S/C19H35N3/c1-7-8-11-22(14-17(5)15(2)3)21-13-18-10-9-16(4)19(12-18)20-6/h9-10,12,15,17,20-21H,7-8,11,13-14H2,1-6H3. The number of nitrogens with one attached hydrogen (secondary N) is 2. The fourth-order valence-electron chi connectivity index (χ4n) is 2.39. The zero-order chi connectivity index (χ0) is 16.5. The van der Waals surface area contributed by atoms with Gasteiger partial charge in [0.05, 0.1) is 0 Å². The van der Waals surface area contributed by atoms with Crippen molar-refractivity contribution in [2.75, 3.05) is 25.5 Å². The minimum absolute atomic E-state index is 0.704. The van der Waals surface area contributed by atoms with E-state index in [1.165, 1.54) is 29.7 Å². The Bertz CT molecular complexity index is 429. The quantitative estimate of drug-likeness (QED) is 0.626. The molecule has 0 saturated heterocycles. The minimum Gasteiger partial charge on any atom is -0.388 e. The van der Waals surface area contributed by atoms with E-state index in [0.29, 0.717) is 5.92 Å². The molecule has 0 radical (unpaired) electrons. The third kappa shape index (κ3) is 6.37. The minimum atomic E-state index is 0.704. The number of rotatable bonds is 10. The molecule has 3 heteroatoms. The molecule has 0 aliphatic heterocycles. The molecule has 0 spiro atoms. The Morgan fingerprint density at radius 3 is 2.50 bits per heavy atom. The zero-order valence-corrected chi connectivity index (χ0v) is 15.4. The summed E-state index contributed by atoms with van der Waals surface area (Å²) < 4.78 is 0. The number of benzene rings is 1. The van der Waals surface area contributed by atoms with Crippen molar-refractivity contribution < 1.29 is 0 Å². The predicted octanol–water partition coefficient (Wildman–Crippen LogP) is 4.44. The van der Waals surface area contributed by atoms with Crippen molar-refractivity contribution in [1.82, 2.24) is 10.4 Å². The lowest BCUT2D eigenvalue weighted by atomic mass is 9.98. The fourth-order valence-corrected chi connectivity index (χ4v) is 2.39. The Morgan fingerprint density at radius 2 is 1.91 bits per heavy atom. The zero-order valence-electron chi connectivity index (χ0n) is 15.4. The molecule has 0 saturated carbocycles. The van der Waals surface area contributed by atoms with E-state index in [1.54, 1.807) is 0 Å². The van der Waals surface area contributed by atoms with Gasteiger partial charge in [0.15, 0.2) is 0 Å². The first-order valence-electron chi connectivity index (χ1n) is 8.73. The monoisotopic (exact) mass is 305 g/mol.